The van der Waals surface area contributed by atoms with Gasteiger partial charge >= 0.3 is 0 Å². The lowest BCUT2D eigenvalue weighted by molar-refractivity contribution is 0.146. The van der Waals surface area contributed by atoms with Gasteiger partial charge in [0.05, 0.1) is 19.3 Å². The minimum absolute atomic E-state index is 0.141. The smallest absolute Gasteiger partial charge is 0.119 e. The highest BCUT2D eigenvalue weighted by atomic mass is 16.5. The first-order valence-corrected chi connectivity index (χ1v) is 11.7. The lowest BCUT2D eigenvalue weighted by Gasteiger charge is -2.11. The molecule has 2 aromatic carbocycles. The monoisotopic (exact) mass is 412 g/mol. The molecular formula is C27H40O3. The first-order chi connectivity index (χ1) is 14.6. The van der Waals surface area contributed by atoms with Crippen molar-refractivity contribution in [3.05, 3.63) is 59.7 Å². The van der Waals surface area contributed by atoms with Crippen molar-refractivity contribution >= 4 is 0 Å². The summed E-state index contributed by atoms with van der Waals surface area (Å²) >= 11 is 0. The molecule has 3 heteroatoms. The van der Waals surface area contributed by atoms with E-state index in [2.05, 4.69) is 38.1 Å². The largest absolute Gasteiger partial charge is 0.494 e. The summed E-state index contributed by atoms with van der Waals surface area (Å²) in [7, 11) is 0. The normalized spacial score (nSPS) is 11.1. The van der Waals surface area contributed by atoms with Gasteiger partial charge in [0.1, 0.15) is 11.5 Å². The molecule has 0 amide bonds. The lowest BCUT2D eigenvalue weighted by atomic mass is 10.0. The summed E-state index contributed by atoms with van der Waals surface area (Å²) in [6, 6.07) is 16.4. The number of aliphatic hydroxyl groups excluding tert-OH is 1. The van der Waals surface area contributed by atoms with E-state index in [4.69, 9.17) is 9.47 Å². The van der Waals surface area contributed by atoms with Crippen molar-refractivity contribution in [2.45, 2.75) is 84.2 Å². The van der Waals surface area contributed by atoms with Gasteiger partial charge in [-0.25, -0.2) is 0 Å². The third-order valence-corrected chi connectivity index (χ3v) is 5.44. The molecule has 3 nitrogen and oxygen atoms in total. The Hall–Kier alpha value is -2.00. The predicted octanol–water partition coefficient (Wildman–Crippen LogP) is 7.02. The number of rotatable bonds is 16. The van der Waals surface area contributed by atoms with Gasteiger partial charge in [-0.15, -0.1) is 0 Å². The Balaban J connectivity index is 1.34. The van der Waals surface area contributed by atoms with Crippen LogP contribution in [0.2, 0.25) is 0 Å². The van der Waals surface area contributed by atoms with Crippen molar-refractivity contribution in [1.29, 1.82) is 0 Å². The van der Waals surface area contributed by atoms with Gasteiger partial charge in [-0.1, -0.05) is 73.9 Å². The highest BCUT2D eigenvalue weighted by Gasteiger charge is 2.04. The average molecular weight is 413 g/mol. The summed E-state index contributed by atoms with van der Waals surface area (Å²) < 4.78 is 11.5. The van der Waals surface area contributed by atoms with Crippen molar-refractivity contribution in [2.75, 3.05) is 13.2 Å². The number of benzene rings is 2. The second kappa shape index (κ2) is 14.9. The van der Waals surface area contributed by atoms with E-state index in [1.165, 1.54) is 36.8 Å². The Bertz CT molecular complexity index is 604. The summed E-state index contributed by atoms with van der Waals surface area (Å²) in [5.74, 6) is 1.91. The maximum Gasteiger partial charge on any atom is 0.119 e. The third-order valence-electron chi connectivity index (χ3n) is 5.44. The zero-order chi connectivity index (χ0) is 21.4. The molecule has 0 aliphatic carbocycles. The summed E-state index contributed by atoms with van der Waals surface area (Å²) in [4.78, 5) is 0. The van der Waals surface area contributed by atoms with Crippen LogP contribution in [0, 0.1) is 13.8 Å². The number of ether oxygens (including phenoxy) is 2. The van der Waals surface area contributed by atoms with Crippen LogP contribution in [0.3, 0.4) is 0 Å². The molecule has 0 atom stereocenters. The zero-order valence-electron chi connectivity index (χ0n) is 18.9. The van der Waals surface area contributed by atoms with E-state index < -0.39 is 0 Å². The summed E-state index contributed by atoms with van der Waals surface area (Å²) in [6.45, 7) is 5.72. The Morgan fingerprint density at radius 3 is 1.33 bits per heavy atom. The molecule has 0 aliphatic heterocycles. The van der Waals surface area contributed by atoms with Crippen LogP contribution in [-0.4, -0.2) is 24.4 Å². The molecule has 0 spiro atoms. The van der Waals surface area contributed by atoms with Crippen LogP contribution in [0.4, 0.5) is 0 Å². The number of aliphatic hydroxyl groups is 1. The van der Waals surface area contributed by atoms with E-state index in [1.807, 2.05) is 24.3 Å². The molecule has 166 valence electrons. The van der Waals surface area contributed by atoms with Crippen LogP contribution >= 0.6 is 0 Å². The maximum atomic E-state index is 10.1. The molecule has 0 bridgehead atoms. The first-order valence-electron chi connectivity index (χ1n) is 11.7. The van der Waals surface area contributed by atoms with Gasteiger partial charge in [0.15, 0.2) is 0 Å². The van der Waals surface area contributed by atoms with Gasteiger partial charge < -0.3 is 14.6 Å². The summed E-state index contributed by atoms with van der Waals surface area (Å²) in [6.07, 6.45) is 10.8. The molecule has 0 unspecified atom stereocenters. The molecule has 0 aromatic heterocycles. The Labute approximate surface area is 183 Å². The number of aryl methyl sites for hydroxylation is 2. The van der Waals surface area contributed by atoms with Crippen LogP contribution in [0.15, 0.2) is 48.5 Å². The molecular weight excluding hydrogens is 372 g/mol. The molecule has 0 saturated carbocycles. The van der Waals surface area contributed by atoms with E-state index in [0.717, 1.165) is 63.2 Å². The Morgan fingerprint density at radius 1 is 0.567 bits per heavy atom. The van der Waals surface area contributed by atoms with E-state index in [0.29, 0.717) is 0 Å². The molecule has 0 radical (unpaired) electrons. The molecule has 2 aromatic rings. The topological polar surface area (TPSA) is 38.7 Å². The van der Waals surface area contributed by atoms with E-state index in [-0.39, 0.29) is 6.10 Å². The van der Waals surface area contributed by atoms with Gasteiger partial charge in [0.25, 0.3) is 0 Å². The van der Waals surface area contributed by atoms with Crippen LogP contribution < -0.4 is 9.47 Å². The van der Waals surface area contributed by atoms with Crippen LogP contribution in [0.5, 0.6) is 11.5 Å². The van der Waals surface area contributed by atoms with E-state index in [9.17, 15) is 5.11 Å². The van der Waals surface area contributed by atoms with Crippen LogP contribution in [0.1, 0.15) is 75.3 Å². The van der Waals surface area contributed by atoms with Crippen molar-refractivity contribution in [1.82, 2.24) is 0 Å². The molecule has 30 heavy (non-hydrogen) atoms. The van der Waals surface area contributed by atoms with Crippen LogP contribution in [-0.2, 0) is 0 Å². The van der Waals surface area contributed by atoms with Crippen molar-refractivity contribution < 1.29 is 14.6 Å². The lowest BCUT2D eigenvalue weighted by Crippen LogP contribution is -2.06. The molecule has 1 N–H and O–H groups in total. The zero-order valence-corrected chi connectivity index (χ0v) is 18.9. The molecule has 0 heterocycles. The number of hydrogen-bond donors (Lipinski definition) is 1. The molecule has 0 saturated heterocycles. The highest BCUT2D eigenvalue weighted by Crippen LogP contribution is 2.15. The first kappa shape index (κ1) is 24.3. The fourth-order valence-electron chi connectivity index (χ4n) is 3.46. The second-order valence-corrected chi connectivity index (χ2v) is 8.38. The minimum Gasteiger partial charge on any atom is -0.494 e. The summed E-state index contributed by atoms with van der Waals surface area (Å²) in [5, 5.41) is 10.1. The molecule has 0 aliphatic rings. The number of hydrogen-bond acceptors (Lipinski definition) is 3. The van der Waals surface area contributed by atoms with Crippen molar-refractivity contribution in [2.24, 2.45) is 0 Å². The quantitative estimate of drug-likeness (QED) is 0.301. The van der Waals surface area contributed by atoms with Crippen molar-refractivity contribution in [3.8, 4) is 11.5 Å². The SMILES string of the molecule is Cc1ccc(OCCCCCCC(O)CCCCCCOc2ccc(C)cc2)cc1. The number of unbranched alkanes of at least 4 members (excludes halogenated alkanes) is 6. The van der Waals surface area contributed by atoms with Gasteiger partial charge in [0, 0.05) is 0 Å². The average Bonchev–Trinajstić information content (AvgIpc) is 2.75. The maximum absolute atomic E-state index is 10.1. The fraction of sp³-hybridized carbons (Fsp3) is 0.556. The Morgan fingerprint density at radius 2 is 0.933 bits per heavy atom. The van der Waals surface area contributed by atoms with Crippen molar-refractivity contribution in [3.63, 3.8) is 0 Å². The van der Waals surface area contributed by atoms with E-state index in [1.54, 1.807) is 0 Å². The fourth-order valence-corrected chi connectivity index (χ4v) is 3.46. The van der Waals surface area contributed by atoms with Gasteiger partial charge in [-0.05, 0) is 63.8 Å². The van der Waals surface area contributed by atoms with Gasteiger partial charge in [-0.2, -0.15) is 0 Å². The second-order valence-electron chi connectivity index (χ2n) is 8.38. The predicted molar refractivity (Wildman–Crippen MR) is 126 cm³/mol. The van der Waals surface area contributed by atoms with Gasteiger partial charge in [0.2, 0.25) is 0 Å². The standard InChI is InChI=1S/C27H40O3/c1-23-13-17-26(18-14-23)29-21-9-5-3-7-11-25(28)12-8-4-6-10-22-30-27-19-15-24(2)16-20-27/h13-20,25,28H,3-12,21-22H2,1-2H3. The minimum atomic E-state index is -0.141. The highest BCUT2D eigenvalue weighted by molar-refractivity contribution is 5.26. The molecule has 0 fully saturated rings. The third kappa shape index (κ3) is 11.3. The molecule has 2 rings (SSSR count). The van der Waals surface area contributed by atoms with Gasteiger partial charge in [-0.3, -0.25) is 0 Å². The van der Waals surface area contributed by atoms with Crippen LogP contribution in [0.25, 0.3) is 0 Å². The Kier molecular flexibility index (Phi) is 12.1. The summed E-state index contributed by atoms with van der Waals surface area (Å²) in [5.41, 5.74) is 2.51. The van der Waals surface area contributed by atoms with E-state index >= 15 is 0 Å².